The molecule has 0 aromatic rings. The SMILES string of the molecule is C1CCN(CCN2CC3(CNC3)C2)CC1. The van der Waals surface area contributed by atoms with E-state index < -0.39 is 0 Å². The highest BCUT2D eigenvalue weighted by Gasteiger charge is 2.46. The Morgan fingerprint density at radius 2 is 1.53 bits per heavy atom. The van der Waals surface area contributed by atoms with Crippen molar-refractivity contribution in [2.45, 2.75) is 19.3 Å². The van der Waals surface area contributed by atoms with Crippen molar-refractivity contribution in [2.75, 3.05) is 52.4 Å². The van der Waals surface area contributed by atoms with E-state index >= 15 is 0 Å². The van der Waals surface area contributed by atoms with E-state index in [1.807, 2.05) is 0 Å². The van der Waals surface area contributed by atoms with E-state index in [1.165, 1.54) is 71.6 Å². The molecule has 3 saturated heterocycles. The van der Waals surface area contributed by atoms with Crippen LogP contribution in [-0.4, -0.2) is 62.2 Å². The highest BCUT2D eigenvalue weighted by atomic mass is 15.3. The Labute approximate surface area is 92.8 Å². The molecule has 0 aromatic heterocycles. The molecular weight excluding hydrogens is 186 g/mol. The second-order valence-corrected chi connectivity index (χ2v) is 5.72. The topological polar surface area (TPSA) is 18.5 Å². The normalized spacial score (nSPS) is 31.2. The van der Waals surface area contributed by atoms with Crippen molar-refractivity contribution in [1.29, 1.82) is 0 Å². The highest BCUT2D eigenvalue weighted by molar-refractivity contribution is 5.03. The largest absolute Gasteiger partial charge is 0.315 e. The molecular formula is C12H23N3. The van der Waals surface area contributed by atoms with Gasteiger partial charge in [-0.25, -0.2) is 0 Å². The second-order valence-electron chi connectivity index (χ2n) is 5.72. The van der Waals surface area contributed by atoms with Crippen LogP contribution in [0, 0.1) is 5.41 Å². The van der Waals surface area contributed by atoms with Gasteiger partial charge in [-0.15, -0.1) is 0 Å². The third-order valence-corrected chi connectivity index (χ3v) is 4.30. The number of nitrogens with one attached hydrogen (secondary N) is 1. The maximum absolute atomic E-state index is 3.39. The van der Waals surface area contributed by atoms with Gasteiger partial charge >= 0.3 is 0 Å². The summed E-state index contributed by atoms with van der Waals surface area (Å²) >= 11 is 0. The minimum absolute atomic E-state index is 0.710. The maximum atomic E-state index is 3.39. The van der Waals surface area contributed by atoms with Crippen LogP contribution in [-0.2, 0) is 0 Å². The van der Waals surface area contributed by atoms with Crippen LogP contribution in [0.5, 0.6) is 0 Å². The predicted molar refractivity (Wildman–Crippen MR) is 62.0 cm³/mol. The smallest absolute Gasteiger partial charge is 0.0207 e. The van der Waals surface area contributed by atoms with Crippen molar-refractivity contribution in [1.82, 2.24) is 15.1 Å². The summed E-state index contributed by atoms with van der Waals surface area (Å²) in [6, 6.07) is 0. The van der Waals surface area contributed by atoms with Gasteiger partial charge in [-0.2, -0.15) is 0 Å². The van der Waals surface area contributed by atoms with Crippen LogP contribution in [0.3, 0.4) is 0 Å². The van der Waals surface area contributed by atoms with Gasteiger partial charge in [-0.1, -0.05) is 6.42 Å². The molecule has 0 atom stereocenters. The molecule has 15 heavy (non-hydrogen) atoms. The van der Waals surface area contributed by atoms with Crippen molar-refractivity contribution in [3.8, 4) is 0 Å². The lowest BCUT2D eigenvalue weighted by Crippen LogP contribution is -2.71. The van der Waals surface area contributed by atoms with Gasteiger partial charge in [-0.05, 0) is 25.9 Å². The van der Waals surface area contributed by atoms with Crippen LogP contribution >= 0.6 is 0 Å². The Hall–Kier alpha value is -0.120. The zero-order chi connectivity index (χ0) is 10.1. The van der Waals surface area contributed by atoms with Crippen molar-refractivity contribution in [2.24, 2.45) is 5.41 Å². The maximum Gasteiger partial charge on any atom is 0.0207 e. The lowest BCUT2D eigenvalue weighted by Gasteiger charge is -2.56. The van der Waals surface area contributed by atoms with E-state index in [-0.39, 0.29) is 0 Å². The summed E-state index contributed by atoms with van der Waals surface area (Å²) < 4.78 is 0. The molecule has 0 aromatic carbocycles. The number of piperidine rings is 1. The van der Waals surface area contributed by atoms with Crippen LogP contribution < -0.4 is 5.32 Å². The third kappa shape index (κ3) is 2.05. The Balaban J connectivity index is 1.33. The predicted octanol–water partition coefficient (Wildman–Crippen LogP) is 0.378. The van der Waals surface area contributed by atoms with E-state index in [9.17, 15) is 0 Å². The molecule has 3 aliphatic heterocycles. The van der Waals surface area contributed by atoms with Crippen LogP contribution in [0.2, 0.25) is 0 Å². The summed E-state index contributed by atoms with van der Waals surface area (Å²) in [6.45, 7) is 10.6. The monoisotopic (exact) mass is 209 g/mol. The van der Waals surface area contributed by atoms with E-state index in [0.717, 1.165) is 0 Å². The molecule has 0 amide bonds. The lowest BCUT2D eigenvalue weighted by atomic mass is 9.74. The van der Waals surface area contributed by atoms with Crippen molar-refractivity contribution in [3.63, 3.8) is 0 Å². The van der Waals surface area contributed by atoms with Gasteiger partial charge in [0.25, 0.3) is 0 Å². The van der Waals surface area contributed by atoms with E-state index in [1.54, 1.807) is 0 Å². The van der Waals surface area contributed by atoms with Gasteiger partial charge in [0.15, 0.2) is 0 Å². The zero-order valence-corrected chi connectivity index (χ0v) is 9.67. The summed E-state index contributed by atoms with van der Waals surface area (Å²) in [5.74, 6) is 0. The molecule has 0 saturated carbocycles. The number of nitrogens with zero attached hydrogens (tertiary/aromatic N) is 2. The molecule has 0 bridgehead atoms. The Kier molecular flexibility index (Phi) is 2.71. The molecule has 3 heteroatoms. The van der Waals surface area contributed by atoms with Crippen LogP contribution in [0.4, 0.5) is 0 Å². The second kappa shape index (κ2) is 4.04. The summed E-state index contributed by atoms with van der Waals surface area (Å²) in [5, 5.41) is 3.39. The highest BCUT2D eigenvalue weighted by Crippen LogP contribution is 2.33. The van der Waals surface area contributed by atoms with Crippen LogP contribution in [0.25, 0.3) is 0 Å². The molecule has 1 spiro atoms. The summed E-state index contributed by atoms with van der Waals surface area (Å²) in [5.41, 5.74) is 0.710. The fourth-order valence-corrected chi connectivity index (χ4v) is 3.23. The van der Waals surface area contributed by atoms with Crippen molar-refractivity contribution in [3.05, 3.63) is 0 Å². The first-order valence-corrected chi connectivity index (χ1v) is 6.52. The molecule has 0 aliphatic carbocycles. The standard InChI is InChI=1S/C12H23N3/c1-2-4-14(5-3-1)6-7-15-10-12(11-15)8-13-9-12/h13H,1-11H2. The molecule has 3 heterocycles. The molecule has 3 aliphatic rings. The van der Waals surface area contributed by atoms with Crippen molar-refractivity contribution >= 4 is 0 Å². The average molecular weight is 209 g/mol. The minimum Gasteiger partial charge on any atom is -0.315 e. The minimum atomic E-state index is 0.710. The molecule has 86 valence electrons. The molecule has 1 N–H and O–H groups in total. The first-order chi connectivity index (χ1) is 7.36. The average Bonchev–Trinajstić information content (AvgIpc) is 2.15. The zero-order valence-electron chi connectivity index (χ0n) is 9.67. The van der Waals surface area contributed by atoms with E-state index in [2.05, 4.69) is 15.1 Å². The number of likely N-dealkylation sites (tertiary alicyclic amines) is 2. The van der Waals surface area contributed by atoms with Gasteiger partial charge in [-0.3, -0.25) is 0 Å². The number of rotatable bonds is 3. The molecule has 3 nitrogen and oxygen atoms in total. The fourth-order valence-electron chi connectivity index (χ4n) is 3.23. The molecule has 0 radical (unpaired) electrons. The third-order valence-electron chi connectivity index (χ3n) is 4.30. The van der Waals surface area contributed by atoms with Gasteiger partial charge < -0.3 is 15.1 Å². The van der Waals surface area contributed by atoms with E-state index in [4.69, 9.17) is 0 Å². The summed E-state index contributed by atoms with van der Waals surface area (Å²) in [7, 11) is 0. The number of hydrogen-bond donors (Lipinski definition) is 1. The first-order valence-electron chi connectivity index (χ1n) is 6.52. The van der Waals surface area contributed by atoms with Gasteiger partial charge in [0.1, 0.15) is 0 Å². The molecule has 0 unspecified atom stereocenters. The fraction of sp³-hybridized carbons (Fsp3) is 1.00. The number of hydrogen-bond acceptors (Lipinski definition) is 3. The van der Waals surface area contributed by atoms with Gasteiger partial charge in [0.05, 0.1) is 0 Å². The van der Waals surface area contributed by atoms with Crippen LogP contribution in [0.15, 0.2) is 0 Å². The van der Waals surface area contributed by atoms with Gasteiger partial charge in [0, 0.05) is 44.7 Å². The Morgan fingerprint density at radius 3 is 2.13 bits per heavy atom. The molecule has 3 fully saturated rings. The summed E-state index contributed by atoms with van der Waals surface area (Å²) in [6.07, 6.45) is 4.30. The lowest BCUT2D eigenvalue weighted by molar-refractivity contribution is -0.0432. The van der Waals surface area contributed by atoms with Gasteiger partial charge in [0.2, 0.25) is 0 Å². The summed E-state index contributed by atoms with van der Waals surface area (Å²) in [4.78, 5) is 5.28. The van der Waals surface area contributed by atoms with E-state index in [0.29, 0.717) is 5.41 Å². The molecule has 3 rings (SSSR count). The van der Waals surface area contributed by atoms with Crippen LogP contribution in [0.1, 0.15) is 19.3 Å². The quantitative estimate of drug-likeness (QED) is 0.725. The Morgan fingerprint density at radius 1 is 0.867 bits per heavy atom. The first kappa shape index (κ1) is 10.1. The Bertz CT molecular complexity index is 211. The van der Waals surface area contributed by atoms with Crippen molar-refractivity contribution < 1.29 is 0 Å².